The van der Waals surface area contributed by atoms with Gasteiger partial charge in [-0.05, 0) is 29.0 Å². The quantitative estimate of drug-likeness (QED) is 0.518. The van der Waals surface area contributed by atoms with Crippen LogP contribution in [0.1, 0.15) is 50.0 Å². The van der Waals surface area contributed by atoms with Gasteiger partial charge in [-0.15, -0.1) is 0 Å². The van der Waals surface area contributed by atoms with E-state index in [0.29, 0.717) is 0 Å². The Balaban J connectivity index is -0.000000266. The Morgan fingerprint density at radius 3 is 1.17 bits per heavy atom. The van der Waals surface area contributed by atoms with Crippen molar-refractivity contribution >= 4 is 8.17 Å². The van der Waals surface area contributed by atoms with Crippen molar-refractivity contribution in [2.24, 2.45) is 4.74 Å². The van der Waals surface area contributed by atoms with Gasteiger partial charge in [-0.25, -0.2) is 9.05 Å². The van der Waals surface area contributed by atoms with Crippen molar-refractivity contribution < 1.29 is 9.05 Å². The molecule has 0 radical (unpaired) electrons. The van der Waals surface area contributed by atoms with E-state index in [1.165, 1.54) is 0 Å². The van der Waals surface area contributed by atoms with Crippen LogP contribution in [0.3, 0.4) is 0 Å². The molecule has 138 valence electrons. The minimum atomic E-state index is -1.29. The molecule has 0 fully saturated rings. The average molecular weight is 354 g/mol. The van der Waals surface area contributed by atoms with E-state index in [1.54, 1.807) is 7.05 Å². The fourth-order valence-corrected chi connectivity index (χ4v) is 2.05. The minimum absolute atomic E-state index is 0. The van der Waals surface area contributed by atoms with Crippen LogP contribution in [-0.4, -0.2) is 7.05 Å². The third-order valence-corrected chi connectivity index (χ3v) is 3.08. The molecule has 2 aromatic carbocycles. The first-order valence-corrected chi connectivity index (χ1v) is 8.37. The van der Waals surface area contributed by atoms with Crippen LogP contribution in [0.15, 0.2) is 65.4 Å². The van der Waals surface area contributed by atoms with Gasteiger partial charge in [0.15, 0.2) is 11.5 Å². The first-order valence-electron chi connectivity index (χ1n) is 7.24. The lowest BCUT2D eigenvalue weighted by atomic mass is 10.3. The first kappa shape index (κ1) is 30.1. The summed E-state index contributed by atoms with van der Waals surface area (Å²) in [6.45, 7) is 8.00. The van der Waals surface area contributed by atoms with Gasteiger partial charge in [0.25, 0.3) is 0 Å². The van der Waals surface area contributed by atoms with E-state index >= 15 is 0 Å². The van der Waals surface area contributed by atoms with Gasteiger partial charge in [0.1, 0.15) is 0 Å². The molecule has 0 unspecified atom stereocenters. The highest BCUT2D eigenvalue weighted by atomic mass is 31.1. The Bertz CT molecular complexity index is 444. The van der Waals surface area contributed by atoms with Crippen molar-refractivity contribution in [3.05, 3.63) is 60.7 Å². The van der Waals surface area contributed by atoms with E-state index in [0.717, 1.165) is 11.5 Å². The zero-order valence-corrected chi connectivity index (χ0v) is 14.4. The average Bonchev–Trinajstić information content (AvgIpc) is 2.60. The van der Waals surface area contributed by atoms with Gasteiger partial charge in [0, 0.05) is 0 Å². The Kier molecular flexibility index (Phi) is 26.5. The van der Waals surface area contributed by atoms with Crippen molar-refractivity contribution in [1.29, 1.82) is 0 Å². The van der Waals surface area contributed by atoms with Crippen LogP contribution >= 0.6 is 8.17 Å². The topological polar surface area (TPSA) is 30.8 Å². The molecule has 0 amide bonds. The van der Waals surface area contributed by atoms with E-state index in [9.17, 15) is 0 Å². The molecular weight excluding hydrogens is 317 g/mol. The maximum Gasteiger partial charge on any atom is 0.667 e. The Morgan fingerprint density at radius 2 is 0.917 bits per heavy atom. The number of rotatable bonds is 4. The second kappa shape index (κ2) is 21.1. The van der Waals surface area contributed by atoms with Crippen LogP contribution in [0.5, 0.6) is 11.5 Å². The molecular formula is C20H37NO2P+. The monoisotopic (exact) mass is 354 g/mol. The predicted octanol–water partition coefficient (Wildman–Crippen LogP) is 8.23. The third kappa shape index (κ3) is 12.7. The van der Waals surface area contributed by atoms with Gasteiger partial charge in [0.05, 0.1) is 7.05 Å². The summed E-state index contributed by atoms with van der Waals surface area (Å²) in [6.07, 6.45) is 0. The van der Waals surface area contributed by atoms with E-state index in [4.69, 9.17) is 9.05 Å². The molecule has 3 nitrogen and oxygen atoms in total. The zero-order valence-electron chi connectivity index (χ0n) is 13.5. The number of hydrogen-bond acceptors (Lipinski definition) is 3. The van der Waals surface area contributed by atoms with Crippen LogP contribution < -0.4 is 9.05 Å². The number of nitrogens with zero attached hydrogens (tertiary/aromatic N) is 1. The summed E-state index contributed by atoms with van der Waals surface area (Å²) < 4.78 is 15.4. The Labute approximate surface area is 151 Å². The molecule has 0 aromatic heterocycles. The second-order valence-corrected chi connectivity index (χ2v) is 4.49. The fourth-order valence-electron chi connectivity index (χ4n) is 1.24. The lowest BCUT2D eigenvalue weighted by Crippen LogP contribution is -1.88. The summed E-state index contributed by atoms with van der Waals surface area (Å²) in [5, 5.41) is 0. The van der Waals surface area contributed by atoms with Crippen molar-refractivity contribution in [3.63, 3.8) is 0 Å². The Morgan fingerprint density at radius 1 is 0.625 bits per heavy atom. The minimum Gasteiger partial charge on any atom is -0.236 e. The summed E-state index contributed by atoms with van der Waals surface area (Å²) >= 11 is 0. The van der Waals surface area contributed by atoms with E-state index < -0.39 is 8.17 Å². The maximum atomic E-state index is 5.64. The van der Waals surface area contributed by atoms with Crippen LogP contribution in [0.25, 0.3) is 0 Å². The van der Waals surface area contributed by atoms with Gasteiger partial charge in [-0.2, -0.15) is 0 Å². The summed E-state index contributed by atoms with van der Waals surface area (Å²) in [4.78, 5) is 0. The summed E-state index contributed by atoms with van der Waals surface area (Å²) in [5.74, 6) is 1.53. The SMILES string of the molecule is C.C.C.CC.CC.CN=[P+](Oc1ccccc1)Oc1ccccc1. The Hall–Kier alpha value is -1.86. The first-order chi connectivity index (χ1) is 10.4. The van der Waals surface area contributed by atoms with Crippen LogP contribution in [-0.2, 0) is 0 Å². The second-order valence-electron chi connectivity index (χ2n) is 3.25. The molecule has 0 bridgehead atoms. The van der Waals surface area contributed by atoms with Crippen LogP contribution in [0, 0.1) is 0 Å². The molecule has 0 atom stereocenters. The number of benzene rings is 2. The molecule has 0 aliphatic rings. The fraction of sp³-hybridized carbons (Fsp3) is 0.400. The molecule has 2 rings (SSSR count). The molecule has 0 saturated heterocycles. The summed E-state index contributed by atoms with van der Waals surface area (Å²) in [7, 11) is 0.406. The van der Waals surface area contributed by atoms with Crippen LogP contribution in [0.4, 0.5) is 0 Å². The van der Waals surface area contributed by atoms with Crippen molar-refractivity contribution in [3.8, 4) is 11.5 Å². The van der Waals surface area contributed by atoms with Crippen molar-refractivity contribution in [1.82, 2.24) is 0 Å². The molecule has 0 aliphatic carbocycles. The molecule has 2 aromatic rings. The predicted molar refractivity (Wildman–Crippen MR) is 112 cm³/mol. The lowest BCUT2D eigenvalue weighted by Gasteiger charge is -1.96. The highest BCUT2D eigenvalue weighted by Crippen LogP contribution is 2.32. The molecule has 0 N–H and O–H groups in total. The maximum absolute atomic E-state index is 5.64. The van der Waals surface area contributed by atoms with Crippen molar-refractivity contribution in [2.45, 2.75) is 50.0 Å². The third-order valence-electron chi connectivity index (χ3n) is 2.02. The van der Waals surface area contributed by atoms with Gasteiger partial charge in [0.2, 0.25) is 0 Å². The smallest absolute Gasteiger partial charge is 0.236 e. The molecule has 0 heterocycles. The van der Waals surface area contributed by atoms with E-state index in [-0.39, 0.29) is 22.3 Å². The summed E-state index contributed by atoms with van der Waals surface area (Å²) in [5.41, 5.74) is 0. The largest absolute Gasteiger partial charge is 0.667 e. The lowest BCUT2D eigenvalue weighted by molar-refractivity contribution is 0.501. The number of hydrogen-bond donors (Lipinski definition) is 0. The number of para-hydroxylation sites is 2. The normalized spacial score (nSPS) is 7.21. The van der Waals surface area contributed by atoms with Crippen LogP contribution in [0.2, 0.25) is 0 Å². The molecule has 0 aliphatic heterocycles. The van der Waals surface area contributed by atoms with Gasteiger partial charge >= 0.3 is 8.17 Å². The van der Waals surface area contributed by atoms with Gasteiger partial charge < -0.3 is 0 Å². The molecule has 0 spiro atoms. The highest BCUT2D eigenvalue weighted by molar-refractivity contribution is 7.37. The molecule has 4 heteroatoms. The van der Waals surface area contributed by atoms with Gasteiger partial charge in [-0.3, -0.25) is 0 Å². The molecule has 24 heavy (non-hydrogen) atoms. The molecule has 0 saturated carbocycles. The van der Waals surface area contributed by atoms with E-state index in [1.807, 2.05) is 88.4 Å². The van der Waals surface area contributed by atoms with E-state index in [2.05, 4.69) is 4.74 Å². The van der Waals surface area contributed by atoms with Crippen molar-refractivity contribution in [2.75, 3.05) is 7.05 Å². The van der Waals surface area contributed by atoms with Gasteiger partial charge in [-0.1, -0.05) is 86.4 Å². The standard InChI is InChI=1S/C13H13NO2P.2C2H6.3CH4/c1-14-17(15-12-8-4-2-5-9-12)16-13-10-6-3-7-11-13;2*1-2;;;/h2-11H,1H3;2*1-2H3;3*1H4/q+1;;;;;. The highest BCUT2D eigenvalue weighted by Gasteiger charge is 2.19. The summed E-state index contributed by atoms with van der Waals surface area (Å²) in [6, 6.07) is 19.1. The zero-order chi connectivity index (χ0) is 15.9.